The summed E-state index contributed by atoms with van der Waals surface area (Å²) in [5, 5.41) is 3.25. The van der Waals surface area contributed by atoms with Crippen LogP contribution in [0, 0.1) is 0 Å². The summed E-state index contributed by atoms with van der Waals surface area (Å²) in [6.45, 7) is 2.47. The number of methoxy groups -OCH3 is 1. The normalized spacial score (nSPS) is 11.4. The van der Waals surface area contributed by atoms with Crippen LogP contribution < -0.4 is 14.8 Å². The van der Waals surface area contributed by atoms with Crippen LogP contribution in [-0.4, -0.2) is 43.5 Å². The van der Waals surface area contributed by atoms with Crippen molar-refractivity contribution in [2.75, 3.05) is 20.8 Å². The van der Waals surface area contributed by atoms with Crippen molar-refractivity contribution in [2.24, 2.45) is 0 Å². The zero-order chi connectivity index (χ0) is 21.2. The van der Waals surface area contributed by atoms with Crippen LogP contribution in [0.5, 0.6) is 11.5 Å². The molecule has 0 heterocycles. The van der Waals surface area contributed by atoms with Gasteiger partial charge in [0.05, 0.1) is 13.7 Å². The molecule has 0 bridgehead atoms. The third-order valence-corrected chi connectivity index (χ3v) is 4.79. The molecule has 0 aromatic heterocycles. The van der Waals surface area contributed by atoms with Crippen molar-refractivity contribution in [3.8, 4) is 11.5 Å². The molecule has 156 valence electrons. The quantitative estimate of drug-likeness (QED) is 0.598. The summed E-state index contributed by atoms with van der Waals surface area (Å²) in [6.07, 6.45) is 0.826. The van der Waals surface area contributed by atoms with Crippen molar-refractivity contribution in [1.82, 2.24) is 10.2 Å². The van der Waals surface area contributed by atoms with Gasteiger partial charge in [-0.15, -0.1) is 0 Å². The molecule has 0 aliphatic heterocycles. The fraction of sp³-hybridized carbons (Fsp3) is 0.364. The lowest BCUT2D eigenvalue weighted by Gasteiger charge is -2.28. The van der Waals surface area contributed by atoms with Crippen LogP contribution in [0.4, 0.5) is 0 Å². The predicted molar refractivity (Wildman–Crippen MR) is 113 cm³/mol. The van der Waals surface area contributed by atoms with Gasteiger partial charge in [-0.3, -0.25) is 9.59 Å². The number of hydrogen-bond acceptors (Lipinski definition) is 4. The van der Waals surface area contributed by atoms with Gasteiger partial charge in [0.25, 0.3) is 0 Å². The van der Waals surface area contributed by atoms with E-state index in [4.69, 9.17) is 21.1 Å². The van der Waals surface area contributed by atoms with E-state index in [1.54, 1.807) is 50.2 Å². The maximum atomic E-state index is 12.8. The molecule has 0 saturated carbocycles. The van der Waals surface area contributed by atoms with Gasteiger partial charge in [-0.05, 0) is 55.3 Å². The molecule has 0 aliphatic carbocycles. The van der Waals surface area contributed by atoms with Crippen molar-refractivity contribution in [2.45, 2.75) is 32.4 Å². The Balaban J connectivity index is 1.95. The Morgan fingerprint density at radius 2 is 1.69 bits per heavy atom. The summed E-state index contributed by atoms with van der Waals surface area (Å²) < 4.78 is 10.8. The molecule has 2 aromatic rings. The molecule has 1 atom stereocenters. The third kappa shape index (κ3) is 6.98. The van der Waals surface area contributed by atoms with Gasteiger partial charge in [0.15, 0.2) is 0 Å². The minimum Gasteiger partial charge on any atom is -0.497 e. The van der Waals surface area contributed by atoms with Gasteiger partial charge < -0.3 is 19.7 Å². The van der Waals surface area contributed by atoms with E-state index in [0.717, 1.165) is 11.3 Å². The van der Waals surface area contributed by atoms with E-state index in [1.807, 2.05) is 24.3 Å². The van der Waals surface area contributed by atoms with Crippen LogP contribution in [-0.2, 0) is 16.1 Å². The first-order valence-corrected chi connectivity index (χ1v) is 9.84. The average molecular weight is 419 g/mol. The zero-order valence-electron chi connectivity index (χ0n) is 17.0. The highest BCUT2D eigenvalue weighted by Crippen LogP contribution is 2.17. The van der Waals surface area contributed by atoms with E-state index < -0.39 is 6.04 Å². The van der Waals surface area contributed by atoms with Crippen LogP contribution in [0.15, 0.2) is 48.5 Å². The van der Waals surface area contributed by atoms with Gasteiger partial charge >= 0.3 is 0 Å². The SMILES string of the molecule is CNC(=O)[C@H](C)N(Cc1ccc(OC)cc1)C(=O)CCCOc1ccc(Cl)cc1. The lowest BCUT2D eigenvalue weighted by Crippen LogP contribution is -2.46. The number of likely N-dealkylation sites (N-methyl/N-ethyl adjacent to an activating group) is 1. The molecule has 7 heteroatoms. The summed E-state index contributed by atoms with van der Waals surface area (Å²) in [6, 6.07) is 13.9. The van der Waals surface area contributed by atoms with E-state index in [1.165, 1.54) is 0 Å². The molecule has 0 aliphatic rings. The maximum absolute atomic E-state index is 12.8. The molecule has 0 saturated heterocycles. The minimum atomic E-state index is -0.577. The number of nitrogens with one attached hydrogen (secondary N) is 1. The second kappa shape index (κ2) is 11.3. The molecule has 0 spiro atoms. The first-order chi connectivity index (χ1) is 13.9. The van der Waals surface area contributed by atoms with E-state index in [2.05, 4.69) is 5.32 Å². The summed E-state index contributed by atoms with van der Waals surface area (Å²) in [7, 11) is 3.17. The molecule has 2 aromatic carbocycles. The Bertz CT molecular complexity index is 793. The molecule has 6 nitrogen and oxygen atoms in total. The number of ether oxygens (including phenoxy) is 2. The lowest BCUT2D eigenvalue weighted by molar-refractivity contribution is -0.140. The number of halogens is 1. The molecule has 2 amide bonds. The number of nitrogens with zero attached hydrogens (tertiary/aromatic N) is 1. The molecule has 0 radical (unpaired) electrons. The van der Waals surface area contributed by atoms with Gasteiger partial charge in [0.1, 0.15) is 17.5 Å². The topological polar surface area (TPSA) is 67.9 Å². The van der Waals surface area contributed by atoms with Gasteiger partial charge in [-0.2, -0.15) is 0 Å². The second-order valence-electron chi connectivity index (χ2n) is 6.57. The highest BCUT2D eigenvalue weighted by atomic mass is 35.5. The number of benzene rings is 2. The van der Waals surface area contributed by atoms with Crippen molar-refractivity contribution < 1.29 is 19.1 Å². The zero-order valence-corrected chi connectivity index (χ0v) is 17.7. The highest BCUT2D eigenvalue weighted by Gasteiger charge is 2.25. The Labute approximate surface area is 176 Å². The Morgan fingerprint density at radius 3 is 2.28 bits per heavy atom. The molecular formula is C22H27ClN2O4. The Hall–Kier alpha value is -2.73. The monoisotopic (exact) mass is 418 g/mol. The van der Waals surface area contributed by atoms with Crippen LogP contribution >= 0.6 is 11.6 Å². The number of rotatable bonds is 10. The average Bonchev–Trinajstić information content (AvgIpc) is 2.75. The predicted octanol–water partition coefficient (Wildman–Crippen LogP) is 3.67. The molecule has 1 N–H and O–H groups in total. The van der Waals surface area contributed by atoms with Crippen molar-refractivity contribution >= 4 is 23.4 Å². The molecule has 0 unspecified atom stereocenters. The largest absolute Gasteiger partial charge is 0.497 e. The van der Waals surface area contributed by atoms with E-state index in [-0.39, 0.29) is 18.2 Å². The lowest BCUT2D eigenvalue weighted by atomic mass is 10.1. The minimum absolute atomic E-state index is 0.100. The van der Waals surface area contributed by atoms with Gasteiger partial charge in [0.2, 0.25) is 11.8 Å². The van der Waals surface area contributed by atoms with Gasteiger partial charge in [0, 0.05) is 25.0 Å². The number of carbonyl (C=O) groups is 2. The highest BCUT2D eigenvalue weighted by molar-refractivity contribution is 6.30. The maximum Gasteiger partial charge on any atom is 0.242 e. The van der Waals surface area contributed by atoms with Crippen LogP contribution in [0.1, 0.15) is 25.3 Å². The van der Waals surface area contributed by atoms with Crippen LogP contribution in [0.3, 0.4) is 0 Å². The third-order valence-electron chi connectivity index (χ3n) is 4.54. The second-order valence-corrected chi connectivity index (χ2v) is 7.00. The molecule has 2 rings (SSSR count). The smallest absolute Gasteiger partial charge is 0.242 e. The number of hydrogen-bond donors (Lipinski definition) is 1. The first-order valence-electron chi connectivity index (χ1n) is 9.47. The number of carbonyl (C=O) groups excluding carboxylic acids is 2. The summed E-state index contributed by atoms with van der Waals surface area (Å²) in [5.41, 5.74) is 0.923. The molecule has 29 heavy (non-hydrogen) atoms. The fourth-order valence-corrected chi connectivity index (χ4v) is 2.93. The van der Waals surface area contributed by atoms with E-state index in [0.29, 0.717) is 30.3 Å². The van der Waals surface area contributed by atoms with E-state index in [9.17, 15) is 9.59 Å². The first kappa shape index (κ1) is 22.6. The Kier molecular flexibility index (Phi) is 8.80. The van der Waals surface area contributed by atoms with Gasteiger partial charge in [-0.25, -0.2) is 0 Å². The van der Waals surface area contributed by atoms with Crippen LogP contribution in [0.25, 0.3) is 0 Å². The standard InChI is InChI=1S/C22H27ClN2O4/c1-16(22(27)24-2)25(15-17-6-10-19(28-3)11-7-17)21(26)5-4-14-29-20-12-8-18(23)9-13-20/h6-13,16H,4-5,14-15H2,1-3H3,(H,24,27)/t16-/m0/s1. The summed E-state index contributed by atoms with van der Waals surface area (Å²) in [4.78, 5) is 26.6. The molecule has 0 fully saturated rings. The summed E-state index contributed by atoms with van der Waals surface area (Å²) >= 11 is 5.85. The van der Waals surface area contributed by atoms with Crippen LogP contribution in [0.2, 0.25) is 5.02 Å². The Morgan fingerprint density at radius 1 is 1.07 bits per heavy atom. The van der Waals surface area contributed by atoms with Crippen molar-refractivity contribution in [3.05, 3.63) is 59.1 Å². The summed E-state index contributed by atoms with van der Waals surface area (Å²) in [5.74, 6) is 1.14. The fourth-order valence-electron chi connectivity index (χ4n) is 2.81. The van der Waals surface area contributed by atoms with Crippen molar-refractivity contribution in [3.63, 3.8) is 0 Å². The van der Waals surface area contributed by atoms with Gasteiger partial charge in [-0.1, -0.05) is 23.7 Å². The number of amides is 2. The van der Waals surface area contributed by atoms with E-state index >= 15 is 0 Å². The van der Waals surface area contributed by atoms with Crippen molar-refractivity contribution in [1.29, 1.82) is 0 Å². The molecular weight excluding hydrogens is 392 g/mol.